The zero-order valence-electron chi connectivity index (χ0n) is 10.1. The van der Waals surface area contributed by atoms with Gasteiger partial charge in [-0.25, -0.2) is 0 Å². The van der Waals surface area contributed by atoms with Gasteiger partial charge in [0.15, 0.2) is 0 Å². The smallest absolute Gasteiger partial charge is 0.123 e. The number of ether oxygens (including phenoxy) is 2. The molecule has 3 nitrogen and oxygen atoms in total. The van der Waals surface area contributed by atoms with Crippen molar-refractivity contribution in [3.63, 3.8) is 0 Å². The number of nitrogens with one attached hydrogen (secondary N) is 1. The Morgan fingerprint density at radius 2 is 2.12 bits per heavy atom. The molecule has 0 bridgehead atoms. The molecule has 0 atom stereocenters. The van der Waals surface area contributed by atoms with Crippen molar-refractivity contribution in [2.24, 2.45) is 0 Å². The Labute approximate surface area is 102 Å². The van der Waals surface area contributed by atoms with Crippen LogP contribution in [0.4, 0.5) is 0 Å². The molecular formula is C14H19NO2. The second-order valence-corrected chi connectivity index (χ2v) is 4.75. The molecule has 2 aliphatic heterocycles. The zero-order chi connectivity index (χ0) is 11.5. The predicted molar refractivity (Wildman–Crippen MR) is 66.3 cm³/mol. The van der Waals surface area contributed by atoms with E-state index in [0.29, 0.717) is 6.10 Å². The van der Waals surface area contributed by atoms with Crippen LogP contribution in [-0.2, 0) is 17.7 Å². The number of hydrogen-bond acceptors (Lipinski definition) is 3. The van der Waals surface area contributed by atoms with Gasteiger partial charge in [-0.15, -0.1) is 0 Å². The molecule has 2 aliphatic rings. The third-order valence-electron chi connectivity index (χ3n) is 3.56. The highest BCUT2D eigenvalue weighted by Gasteiger charge is 2.19. The minimum atomic E-state index is 0.338. The van der Waals surface area contributed by atoms with Crippen LogP contribution >= 0.6 is 0 Å². The van der Waals surface area contributed by atoms with Crippen LogP contribution in [0.15, 0.2) is 18.2 Å². The van der Waals surface area contributed by atoms with Crippen molar-refractivity contribution >= 4 is 0 Å². The number of benzene rings is 1. The van der Waals surface area contributed by atoms with Crippen molar-refractivity contribution in [1.82, 2.24) is 5.32 Å². The van der Waals surface area contributed by atoms with E-state index in [2.05, 4.69) is 23.5 Å². The highest BCUT2D eigenvalue weighted by atomic mass is 16.5. The van der Waals surface area contributed by atoms with E-state index in [9.17, 15) is 0 Å². The highest BCUT2D eigenvalue weighted by molar-refractivity contribution is 5.41. The van der Waals surface area contributed by atoms with Gasteiger partial charge in [0, 0.05) is 19.4 Å². The normalized spacial score (nSPS) is 20.9. The summed E-state index contributed by atoms with van der Waals surface area (Å²) in [5.74, 6) is 1.09. The molecule has 0 aromatic heterocycles. The summed E-state index contributed by atoms with van der Waals surface area (Å²) in [5.41, 5.74) is 2.79. The Kier molecular flexibility index (Phi) is 3.29. The average Bonchev–Trinajstić information content (AvgIpc) is 2.40. The van der Waals surface area contributed by atoms with E-state index in [-0.39, 0.29) is 0 Å². The topological polar surface area (TPSA) is 30.5 Å². The van der Waals surface area contributed by atoms with Gasteiger partial charge in [-0.1, -0.05) is 12.1 Å². The first kappa shape index (κ1) is 11.1. The van der Waals surface area contributed by atoms with Crippen molar-refractivity contribution in [3.8, 4) is 5.75 Å². The molecule has 2 heterocycles. The standard InChI is InChI=1S/C14H19NO2/c1-2-11-10-15-7-4-13(11)14(3-1)17-12-5-8-16-9-6-12/h1-3,12,15H,4-10H2. The molecular weight excluding hydrogens is 214 g/mol. The van der Waals surface area contributed by atoms with E-state index in [1.807, 2.05) is 0 Å². The molecule has 0 radical (unpaired) electrons. The first-order valence-corrected chi connectivity index (χ1v) is 6.49. The zero-order valence-corrected chi connectivity index (χ0v) is 10.1. The van der Waals surface area contributed by atoms with Crippen LogP contribution < -0.4 is 10.1 Å². The Bertz CT molecular complexity index is 386. The quantitative estimate of drug-likeness (QED) is 0.846. The van der Waals surface area contributed by atoms with Crippen LogP contribution in [0, 0.1) is 0 Å². The number of fused-ring (bicyclic) bond motifs is 1. The Balaban J connectivity index is 1.77. The Hall–Kier alpha value is -1.06. The molecule has 1 fully saturated rings. The SMILES string of the molecule is c1cc2c(c(OC3CCOCC3)c1)CCNC2. The summed E-state index contributed by atoms with van der Waals surface area (Å²) >= 11 is 0. The van der Waals surface area contributed by atoms with E-state index in [0.717, 1.165) is 51.3 Å². The Morgan fingerprint density at radius 3 is 3.00 bits per heavy atom. The van der Waals surface area contributed by atoms with E-state index in [4.69, 9.17) is 9.47 Å². The molecule has 1 saturated heterocycles. The van der Waals surface area contributed by atoms with Crippen molar-refractivity contribution in [2.45, 2.75) is 31.9 Å². The highest BCUT2D eigenvalue weighted by Crippen LogP contribution is 2.27. The van der Waals surface area contributed by atoms with Gasteiger partial charge < -0.3 is 14.8 Å². The number of hydrogen-bond donors (Lipinski definition) is 1. The molecule has 0 amide bonds. The van der Waals surface area contributed by atoms with Crippen molar-refractivity contribution in [2.75, 3.05) is 19.8 Å². The molecule has 0 saturated carbocycles. The molecule has 1 aromatic rings. The van der Waals surface area contributed by atoms with Gasteiger partial charge in [0.2, 0.25) is 0 Å². The lowest BCUT2D eigenvalue weighted by atomic mass is 10.00. The minimum absolute atomic E-state index is 0.338. The van der Waals surface area contributed by atoms with E-state index in [1.54, 1.807) is 0 Å². The predicted octanol–water partition coefficient (Wildman–Crippen LogP) is 1.89. The fourth-order valence-electron chi connectivity index (χ4n) is 2.58. The first-order valence-electron chi connectivity index (χ1n) is 6.49. The maximum atomic E-state index is 6.15. The van der Waals surface area contributed by atoms with Gasteiger partial charge >= 0.3 is 0 Å². The minimum Gasteiger partial charge on any atom is -0.490 e. The fourth-order valence-corrected chi connectivity index (χ4v) is 2.58. The van der Waals surface area contributed by atoms with Gasteiger partial charge in [-0.3, -0.25) is 0 Å². The maximum absolute atomic E-state index is 6.15. The monoisotopic (exact) mass is 233 g/mol. The summed E-state index contributed by atoms with van der Waals surface area (Å²) in [4.78, 5) is 0. The largest absolute Gasteiger partial charge is 0.490 e. The van der Waals surface area contributed by atoms with Crippen LogP contribution in [-0.4, -0.2) is 25.9 Å². The Morgan fingerprint density at radius 1 is 1.24 bits per heavy atom. The molecule has 0 aliphatic carbocycles. The maximum Gasteiger partial charge on any atom is 0.123 e. The lowest BCUT2D eigenvalue weighted by Crippen LogP contribution is -2.28. The summed E-state index contributed by atoms with van der Waals surface area (Å²) in [6, 6.07) is 6.40. The van der Waals surface area contributed by atoms with Crippen LogP contribution in [0.5, 0.6) is 5.75 Å². The molecule has 17 heavy (non-hydrogen) atoms. The molecule has 3 rings (SSSR count). The first-order chi connectivity index (χ1) is 8.43. The third kappa shape index (κ3) is 2.45. The van der Waals surface area contributed by atoms with Crippen LogP contribution in [0.3, 0.4) is 0 Å². The van der Waals surface area contributed by atoms with Gasteiger partial charge in [-0.05, 0) is 30.2 Å². The van der Waals surface area contributed by atoms with E-state index in [1.165, 1.54) is 11.1 Å². The van der Waals surface area contributed by atoms with Crippen molar-refractivity contribution in [3.05, 3.63) is 29.3 Å². The molecule has 3 heteroatoms. The second kappa shape index (κ2) is 5.07. The van der Waals surface area contributed by atoms with Crippen molar-refractivity contribution in [1.29, 1.82) is 0 Å². The van der Waals surface area contributed by atoms with E-state index < -0.39 is 0 Å². The fraction of sp³-hybridized carbons (Fsp3) is 0.571. The van der Waals surface area contributed by atoms with Gasteiger partial charge in [0.1, 0.15) is 11.9 Å². The average molecular weight is 233 g/mol. The second-order valence-electron chi connectivity index (χ2n) is 4.75. The van der Waals surface area contributed by atoms with Crippen LogP contribution in [0.1, 0.15) is 24.0 Å². The van der Waals surface area contributed by atoms with Crippen LogP contribution in [0.25, 0.3) is 0 Å². The molecule has 0 unspecified atom stereocenters. The van der Waals surface area contributed by atoms with Gasteiger partial charge in [0.25, 0.3) is 0 Å². The summed E-state index contributed by atoms with van der Waals surface area (Å²) in [6.07, 6.45) is 3.45. The van der Waals surface area contributed by atoms with E-state index >= 15 is 0 Å². The summed E-state index contributed by atoms with van der Waals surface area (Å²) < 4.78 is 11.5. The molecule has 92 valence electrons. The van der Waals surface area contributed by atoms with Crippen molar-refractivity contribution < 1.29 is 9.47 Å². The lowest BCUT2D eigenvalue weighted by molar-refractivity contribution is 0.0251. The summed E-state index contributed by atoms with van der Waals surface area (Å²) in [7, 11) is 0. The number of rotatable bonds is 2. The molecule has 0 spiro atoms. The molecule has 1 aromatic carbocycles. The molecule has 1 N–H and O–H groups in total. The summed E-state index contributed by atoms with van der Waals surface area (Å²) in [6.45, 7) is 3.70. The lowest BCUT2D eigenvalue weighted by Gasteiger charge is -2.26. The van der Waals surface area contributed by atoms with Gasteiger partial charge in [-0.2, -0.15) is 0 Å². The van der Waals surface area contributed by atoms with Crippen LogP contribution in [0.2, 0.25) is 0 Å². The third-order valence-corrected chi connectivity index (χ3v) is 3.56. The summed E-state index contributed by atoms with van der Waals surface area (Å²) in [5, 5.41) is 3.40. The van der Waals surface area contributed by atoms with Gasteiger partial charge in [0.05, 0.1) is 13.2 Å².